The van der Waals surface area contributed by atoms with Gasteiger partial charge in [-0.3, -0.25) is 0 Å². The van der Waals surface area contributed by atoms with Gasteiger partial charge in [0.25, 0.3) is 0 Å². The van der Waals surface area contributed by atoms with Crippen molar-refractivity contribution in [3.8, 4) is 0 Å². The number of hydrogen-bond donors (Lipinski definition) is 2. The molecule has 7 heteroatoms. The fourth-order valence-electron chi connectivity index (χ4n) is 5.23. The van der Waals surface area contributed by atoms with E-state index in [0.717, 1.165) is 73.0 Å². The SMILES string of the molecule is CC1(c2ccccc2)CCc2nc3ccc(C4=CNC(N5CCC(O)CC5)=NC4)nc3n21. The minimum Gasteiger partial charge on any atom is -0.393 e. The quantitative estimate of drug-likeness (QED) is 0.656. The molecule has 3 aliphatic heterocycles. The molecule has 5 heterocycles. The van der Waals surface area contributed by atoms with Crippen molar-refractivity contribution in [1.29, 1.82) is 0 Å². The van der Waals surface area contributed by atoms with Gasteiger partial charge in [0.05, 0.1) is 23.9 Å². The lowest BCUT2D eigenvalue weighted by Gasteiger charge is -2.33. The van der Waals surface area contributed by atoms with Gasteiger partial charge in [-0.25, -0.2) is 15.0 Å². The van der Waals surface area contributed by atoms with Crippen molar-refractivity contribution < 1.29 is 5.11 Å². The van der Waals surface area contributed by atoms with E-state index in [9.17, 15) is 5.11 Å². The fourth-order valence-corrected chi connectivity index (χ4v) is 5.23. The Morgan fingerprint density at radius 1 is 1.06 bits per heavy atom. The smallest absolute Gasteiger partial charge is 0.198 e. The summed E-state index contributed by atoms with van der Waals surface area (Å²) >= 11 is 0. The summed E-state index contributed by atoms with van der Waals surface area (Å²) < 4.78 is 2.34. The van der Waals surface area contributed by atoms with E-state index in [-0.39, 0.29) is 11.6 Å². The molecule has 0 aliphatic carbocycles. The summed E-state index contributed by atoms with van der Waals surface area (Å²) in [5.74, 6) is 2.00. The van der Waals surface area contributed by atoms with Gasteiger partial charge in [0.1, 0.15) is 11.3 Å². The van der Waals surface area contributed by atoms with E-state index in [1.54, 1.807) is 0 Å². The van der Waals surface area contributed by atoms with Gasteiger partial charge < -0.3 is 19.9 Å². The number of aliphatic hydroxyl groups excluding tert-OH is 1. The molecule has 164 valence electrons. The monoisotopic (exact) mass is 428 g/mol. The van der Waals surface area contributed by atoms with Crippen molar-refractivity contribution in [2.24, 2.45) is 4.99 Å². The van der Waals surface area contributed by atoms with Gasteiger partial charge in [-0.05, 0) is 43.9 Å². The van der Waals surface area contributed by atoms with Crippen molar-refractivity contribution in [2.45, 2.75) is 44.2 Å². The first-order chi connectivity index (χ1) is 15.6. The van der Waals surface area contributed by atoms with Gasteiger partial charge in [-0.2, -0.15) is 0 Å². The Kier molecular flexibility index (Phi) is 4.54. The standard InChI is InChI=1S/C25H28N6O/c1-25(18-5-3-2-4-6-18)12-9-22-28-21-8-7-20(29-23(21)31(22)25)17-15-26-24(27-16-17)30-13-10-19(32)11-14-30/h2-8,15,19,32H,9-14,16H2,1H3,(H,26,27). The number of nitrogens with one attached hydrogen (secondary N) is 1. The van der Waals surface area contributed by atoms with Gasteiger partial charge in [0.2, 0.25) is 0 Å². The molecule has 1 saturated heterocycles. The number of benzene rings is 1. The molecule has 1 unspecified atom stereocenters. The topological polar surface area (TPSA) is 78.6 Å². The second kappa shape index (κ2) is 7.45. The molecule has 0 saturated carbocycles. The zero-order valence-electron chi connectivity index (χ0n) is 18.3. The van der Waals surface area contributed by atoms with E-state index in [4.69, 9.17) is 15.0 Å². The molecule has 0 bridgehead atoms. The summed E-state index contributed by atoms with van der Waals surface area (Å²) in [7, 11) is 0. The molecule has 0 spiro atoms. The highest BCUT2D eigenvalue weighted by Crippen LogP contribution is 2.40. The summed E-state index contributed by atoms with van der Waals surface area (Å²) in [5, 5.41) is 13.1. The molecular weight excluding hydrogens is 400 g/mol. The number of aryl methyl sites for hydroxylation is 1. The summed E-state index contributed by atoms with van der Waals surface area (Å²) in [6.45, 7) is 4.56. The third-order valence-corrected chi connectivity index (χ3v) is 7.17. The Balaban J connectivity index is 1.30. The number of piperidine rings is 1. The highest BCUT2D eigenvalue weighted by molar-refractivity contribution is 5.87. The predicted molar refractivity (Wildman–Crippen MR) is 125 cm³/mol. The zero-order chi connectivity index (χ0) is 21.7. The Labute approximate surface area is 187 Å². The van der Waals surface area contributed by atoms with Crippen LogP contribution in [0.25, 0.3) is 16.7 Å². The van der Waals surface area contributed by atoms with Crippen LogP contribution in [0.4, 0.5) is 0 Å². The average Bonchev–Trinajstić information content (AvgIpc) is 3.38. The molecule has 7 nitrogen and oxygen atoms in total. The second-order valence-corrected chi connectivity index (χ2v) is 9.21. The van der Waals surface area contributed by atoms with Gasteiger partial charge >= 0.3 is 0 Å². The lowest BCUT2D eigenvalue weighted by Crippen LogP contribution is -2.46. The van der Waals surface area contributed by atoms with Crippen LogP contribution in [0.5, 0.6) is 0 Å². The van der Waals surface area contributed by atoms with Gasteiger partial charge in [0, 0.05) is 31.3 Å². The summed E-state index contributed by atoms with van der Waals surface area (Å²) in [6.07, 6.45) is 5.42. The number of guanidine groups is 1. The van der Waals surface area contributed by atoms with Crippen molar-refractivity contribution in [3.63, 3.8) is 0 Å². The van der Waals surface area contributed by atoms with E-state index < -0.39 is 0 Å². The first-order valence-electron chi connectivity index (χ1n) is 11.5. The maximum absolute atomic E-state index is 9.75. The van der Waals surface area contributed by atoms with E-state index >= 15 is 0 Å². The van der Waals surface area contributed by atoms with Gasteiger partial charge in [-0.1, -0.05) is 30.3 Å². The minimum absolute atomic E-state index is 0.139. The van der Waals surface area contributed by atoms with E-state index in [1.807, 2.05) is 6.20 Å². The van der Waals surface area contributed by atoms with E-state index in [2.05, 4.69) is 64.2 Å². The number of imidazole rings is 1. The molecule has 1 fully saturated rings. The Morgan fingerprint density at radius 3 is 2.62 bits per heavy atom. The first kappa shape index (κ1) is 19.5. The lowest BCUT2D eigenvalue weighted by molar-refractivity contribution is 0.108. The number of hydrogen-bond acceptors (Lipinski definition) is 6. The van der Waals surface area contributed by atoms with Crippen LogP contribution in [0.3, 0.4) is 0 Å². The summed E-state index contributed by atoms with van der Waals surface area (Å²) in [5.41, 5.74) is 5.06. The lowest BCUT2D eigenvalue weighted by atomic mass is 9.90. The Bertz CT molecular complexity index is 1220. The van der Waals surface area contributed by atoms with Crippen molar-refractivity contribution in [3.05, 3.63) is 65.7 Å². The van der Waals surface area contributed by atoms with Gasteiger partial charge in [0.15, 0.2) is 11.6 Å². The molecule has 3 aromatic rings. The van der Waals surface area contributed by atoms with Crippen LogP contribution in [0, 0.1) is 0 Å². The number of aromatic nitrogens is 3. The van der Waals surface area contributed by atoms with Crippen LogP contribution in [0.2, 0.25) is 0 Å². The largest absolute Gasteiger partial charge is 0.393 e. The van der Waals surface area contributed by atoms with Crippen molar-refractivity contribution in [2.75, 3.05) is 19.6 Å². The van der Waals surface area contributed by atoms with E-state index in [1.165, 1.54) is 5.56 Å². The number of nitrogens with zero attached hydrogens (tertiary/aromatic N) is 5. The predicted octanol–water partition coefficient (Wildman–Crippen LogP) is 2.90. The Hall–Kier alpha value is -3.19. The average molecular weight is 429 g/mol. The molecule has 1 aromatic carbocycles. The highest BCUT2D eigenvalue weighted by Gasteiger charge is 2.38. The molecule has 0 radical (unpaired) electrons. The number of rotatable bonds is 2. The zero-order valence-corrected chi connectivity index (χ0v) is 18.3. The van der Waals surface area contributed by atoms with Crippen LogP contribution in [-0.4, -0.2) is 56.2 Å². The Morgan fingerprint density at radius 2 is 1.88 bits per heavy atom. The number of likely N-dealkylation sites (tertiary alicyclic amines) is 1. The highest BCUT2D eigenvalue weighted by atomic mass is 16.3. The molecule has 2 aromatic heterocycles. The number of aliphatic hydroxyl groups is 1. The van der Waals surface area contributed by atoms with Crippen molar-refractivity contribution >= 4 is 22.7 Å². The fraction of sp³-hybridized carbons (Fsp3) is 0.400. The molecule has 0 amide bonds. The third kappa shape index (κ3) is 3.11. The summed E-state index contributed by atoms with van der Waals surface area (Å²) in [4.78, 5) is 17.0. The number of pyridine rings is 1. The maximum Gasteiger partial charge on any atom is 0.198 e. The molecule has 6 rings (SSSR count). The number of fused-ring (bicyclic) bond motifs is 3. The molecular formula is C25H28N6O. The van der Waals surface area contributed by atoms with E-state index in [0.29, 0.717) is 6.54 Å². The molecule has 2 N–H and O–H groups in total. The number of aliphatic imine (C=N–C) groups is 1. The molecule has 1 atom stereocenters. The van der Waals surface area contributed by atoms with Crippen LogP contribution in [0.15, 0.2) is 53.7 Å². The third-order valence-electron chi connectivity index (χ3n) is 7.17. The van der Waals surface area contributed by atoms with Crippen LogP contribution < -0.4 is 5.32 Å². The maximum atomic E-state index is 9.75. The molecule has 3 aliphatic rings. The molecule has 32 heavy (non-hydrogen) atoms. The van der Waals surface area contributed by atoms with Crippen molar-refractivity contribution in [1.82, 2.24) is 24.8 Å². The van der Waals surface area contributed by atoms with Crippen LogP contribution in [-0.2, 0) is 12.0 Å². The normalized spacial score (nSPS) is 23.6. The van der Waals surface area contributed by atoms with Crippen LogP contribution in [0.1, 0.15) is 43.3 Å². The van der Waals surface area contributed by atoms with Crippen LogP contribution >= 0.6 is 0 Å². The minimum atomic E-state index is -0.184. The van der Waals surface area contributed by atoms with Gasteiger partial charge in [-0.15, -0.1) is 0 Å². The second-order valence-electron chi connectivity index (χ2n) is 9.21. The first-order valence-corrected chi connectivity index (χ1v) is 11.5. The summed E-state index contributed by atoms with van der Waals surface area (Å²) in [6, 6.07) is 14.8.